The van der Waals surface area contributed by atoms with Crippen LogP contribution in [0.15, 0.2) is 12.1 Å². The third-order valence-corrected chi connectivity index (χ3v) is 3.36. The van der Waals surface area contributed by atoms with Gasteiger partial charge in [0.2, 0.25) is 0 Å². The van der Waals surface area contributed by atoms with Crippen molar-refractivity contribution in [1.82, 2.24) is 0 Å². The Labute approximate surface area is 86.3 Å². The number of benzene rings is 1. The van der Waals surface area contributed by atoms with E-state index in [0.29, 0.717) is 0 Å². The van der Waals surface area contributed by atoms with Gasteiger partial charge in [-0.2, -0.15) is 0 Å². The van der Waals surface area contributed by atoms with Crippen LogP contribution in [-0.4, -0.2) is 0 Å². The highest BCUT2D eigenvalue weighted by molar-refractivity contribution is 5.43. The van der Waals surface area contributed by atoms with Gasteiger partial charge in [-0.05, 0) is 56.7 Å². The summed E-state index contributed by atoms with van der Waals surface area (Å²) in [6, 6.07) is 4.53. The molecule has 0 amide bonds. The second-order valence-electron chi connectivity index (χ2n) is 4.88. The molecule has 0 bridgehead atoms. The SMILES string of the molecule is Cc1cc(C)c2c(c1)C(C)(N)CCC2. The maximum absolute atomic E-state index is 6.33. The molecule has 1 aliphatic rings. The third-order valence-electron chi connectivity index (χ3n) is 3.36. The molecular weight excluding hydrogens is 170 g/mol. The number of hydrogen-bond acceptors (Lipinski definition) is 1. The van der Waals surface area contributed by atoms with Crippen molar-refractivity contribution in [3.8, 4) is 0 Å². The Bertz CT molecular complexity index is 364. The second kappa shape index (κ2) is 3.09. The maximum Gasteiger partial charge on any atom is 0.0384 e. The number of rotatable bonds is 0. The van der Waals surface area contributed by atoms with Gasteiger partial charge in [0.15, 0.2) is 0 Å². The molecule has 76 valence electrons. The lowest BCUT2D eigenvalue weighted by Gasteiger charge is -2.33. The van der Waals surface area contributed by atoms with Crippen molar-refractivity contribution in [2.24, 2.45) is 5.73 Å². The van der Waals surface area contributed by atoms with Crippen molar-refractivity contribution in [2.45, 2.75) is 45.6 Å². The molecule has 2 N–H and O–H groups in total. The molecule has 1 aromatic carbocycles. The van der Waals surface area contributed by atoms with Crippen molar-refractivity contribution in [2.75, 3.05) is 0 Å². The largest absolute Gasteiger partial charge is 0.322 e. The summed E-state index contributed by atoms with van der Waals surface area (Å²) in [6.45, 7) is 6.51. The molecule has 14 heavy (non-hydrogen) atoms. The molecule has 0 radical (unpaired) electrons. The normalized spacial score (nSPS) is 26.0. The zero-order valence-electron chi connectivity index (χ0n) is 9.35. The summed E-state index contributed by atoms with van der Waals surface area (Å²) in [6.07, 6.45) is 3.54. The Balaban J connectivity index is 2.63. The fourth-order valence-corrected chi connectivity index (χ4v) is 2.61. The van der Waals surface area contributed by atoms with Crippen LogP contribution in [0.3, 0.4) is 0 Å². The Kier molecular flexibility index (Phi) is 2.15. The Morgan fingerprint density at radius 3 is 2.71 bits per heavy atom. The summed E-state index contributed by atoms with van der Waals surface area (Å²) in [5.74, 6) is 0. The summed E-state index contributed by atoms with van der Waals surface area (Å²) in [4.78, 5) is 0. The van der Waals surface area contributed by atoms with Gasteiger partial charge in [-0.15, -0.1) is 0 Å². The van der Waals surface area contributed by atoms with Crippen LogP contribution in [0.4, 0.5) is 0 Å². The molecule has 1 heteroatoms. The first kappa shape index (κ1) is 9.72. The summed E-state index contributed by atoms with van der Waals surface area (Å²) < 4.78 is 0. The van der Waals surface area contributed by atoms with Crippen LogP contribution in [0.2, 0.25) is 0 Å². The fourth-order valence-electron chi connectivity index (χ4n) is 2.61. The van der Waals surface area contributed by atoms with Crippen LogP contribution < -0.4 is 5.73 Å². The van der Waals surface area contributed by atoms with E-state index >= 15 is 0 Å². The van der Waals surface area contributed by atoms with E-state index in [-0.39, 0.29) is 5.54 Å². The Morgan fingerprint density at radius 2 is 2.00 bits per heavy atom. The molecule has 0 heterocycles. The van der Waals surface area contributed by atoms with E-state index in [0.717, 1.165) is 6.42 Å². The van der Waals surface area contributed by atoms with E-state index in [1.54, 1.807) is 0 Å². The monoisotopic (exact) mass is 189 g/mol. The lowest BCUT2D eigenvalue weighted by molar-refractivity contribution is 0.408. The van der Waals surface area contributed by atoms with Gasteiger partial charge in [-0.1, -0.05) is 17.7 Å². The molecule has 0 saturated heterocycles. The predicted octanol–water partition coefficient (Wildman–Crippen LogP) is 2.81. The minimum Gasteiger partial charge on any atom is -0.322 e. The number of aryl methyl sites for hydroxylation is 2. The molecule has 0 spiro atoms. The van der Waals surface area contributed by atoms with Crippen LogP contribution >= 0.6 is 0 Å². The highest BCUT2D eigenvalue weighted by Gasteiger charge is 2.28. The zero-order chi connectivity index (χ0) is 10.3. The van der Waals surface area contributed by atoms with Gasteiger partial charge < -0.3 is 5.73 Å². The van der Waals surface area contributed by atoms with Gasteiger partial charge in [-0.3, -0.25) is 0 Å². The molecule has 1 atom stereocenters. The van der Waals surface area contributed by atoms with E-state index < -0.39 is 0 Å². The fraction of sp³-hybridized carbons (Fsp3) is 0.538. The van der Waals surface area contributed by atoms with Gasteiger partial charge in [0.1, 0.15) is 0 Å². The average molecular weight is 189 g/mol. The standard InChI is InChI=1S/C13H19N/c1-9-7-10(2)11-5-4-6-13(3,14)12(11)8-9/h7-8H,4-6,14H2,1-3H3. The van der Waals surface area contributed by atoms with Crippen LogP contribution in [0, 0.1) is 13.8 Å². The summed E-state index contributed by atoms with van der Waals surface area (Å²) >= 11 is 0. The highest BCUT2D eigenvalue weighted by Crippen LogP contribution is 2.35. The molecular formula is C13H19N. The lowest BCUT2D eigenvalue weighted by Crippen LogP contribution is -2.37. The summed E-state index contributed by atoms with van der Waals surface area (Å²) in [7, 11) is 0. The Hall–Kier alpha value is -0.820. The second-order valence-corrected chi connectivity index (χ2v) is 4.88. The van der Waals surface area contributed by atoms with Crippen LogP contribution in [0.1, 0.15) is 42.0 Å². The summed E-state index contributed by atoms with van der Waals surface area (Å²) in [5.41, 5.74) is 11.8. The van der Waals surface area contributed by atoms with Crippen molar-refractivity contribution < 1.29 is 0 Å². The van der Waals surface area contributed by atoms with Crippen LogP contribution in [-0.2, 0) is 12.0 Å². The first-order valence-corrected chi connectivity index (χ1v) is 5.40. The van der Waals surface area contributed by atoms with Gasteiger partial charge >= 0.3 is 0 Å². The van der Waals surface area contributed by atoms with Crippen molar-refractivity contribution >= 4 is 0 Å². The highest BCUT2D eigenvalue weighted by atomic mass is 14.7. The maximum atomic E-state index is 6.33. The molecule has 0 saturated carbocycles. The van der Waals surface area contributed by atoms with Gasteiger partial charge in [0.25, 0.3) is 0 Å². The van der Waals surface area contributed by atoms with E-state index in [1.807, 2.05) is 0 Å². The Morgan fingerprint density at radius 1 is 1.29 bits per heavy atom. The van der Waals surface area contributed by atoms with E-state index in [4.69, 9.17) is 5.73 Å². The van der Waals surface area contributed by atoms with Crippen LogP contribution in [0.25, 0.3) is 0 Å². The average Bonchev–Trinajstić information content (AvgIpc) is 2.06. The number of hydrogen-bond donors (Lipinski definition) is 1. The molecule has 0 aliphatic heterocycles. The molecule has 1 nitrogen and oxygen atoms in total. The number of nitrogens with two attached hydrogens (primary N) is 1. The van der Waals surface area contributed by atoms with E-state index in [2.05, 4.69) is 32.9 Å². The third kappa shape index (κ3) is 1.46. The first-order chi connectivity index (χ1) is 6.50. The van der Waals surface area contributed by atoms with E-state index in [1.165, 1.54) is 35.1 Å². The minimum absolute atomic E-state index is 0.107. The number of fused-ring (bicyclic) bond motifs is 1. The topological polar surface area (TPSA) is 26.0 Å². The first-order valence-electron chi connectivity index (χ1n) is 5.40. The molecule has 2 rings (SSSR count). The van der Waals surface area contributed by atoms with Gasteiger partial charge in [-0.25, -0.2) is 0 Å². The lowest BCUT2D eigenvalue weighted by atomic mass is 9.76. The quantitative estimate of drug-likeness (QED) is 0.667. The smallest absolute Gasteiger partial charge is 0.0384 e. The molecule has 0 aromatic heterocycles. The van der Waals surface area contributed by atoms with Crippen LogP contribution in [0.5, 0.6) is 0 Å². The zero-order valence-corrected chi connectivity index (χ0v) is 9.35. The van der Waals surface area contributed by atoms with E-state index in [9.17, 15) is 0 Å². The van der Waals surface area contributed by atoms with Crippen molar-refractivity contribution in [1.29, 1.82) is 0 Å². The molecule has 1 aromatic rings. The summed E-state index contributed by atoms with van der Waals surface area (Å²) in [5, 5.41) is 0. The van der Waals surface area contributed by atoms with Gasteiger partial charge in [0, 0.05) is 5.54 Å². The van der Waals surface area contributed by atoms with Crippen molar-refractivity contribution in [3.63, 3.8) is 0 Å². The molecule has 1 unspecified atom stereocenters. The predicted molar refractivity (Wildman–Crippen MR) is 60.4 cm³/mol. The van der Waals surface area contributed by atoms with Gasteiger partial charge in [0.05, 0.1) is 0 Å². The molecule has 1 aliphatic carbocycles. The van der Waals surface area contributed by atoms with Crippen molar-refractivity contribution in [3.05, 3.63) is 34.4 Å². The minimum atomic E-state index is -0.107. The molecule has 0 fully saturated rings.